The van der Waals surface area contributed by atoms with E-state index < -0.39 is 0 Å². The number of ether oxygens (including phenoxy) is 1. The third-order valence-corrected chi connectivity index (χ3v) is 3.19. The van der Waals surface area contributed by atoms with Crippen LogP contribution in [0.2, 0.25) is 0 Å². The molecule has 2 rings (SSSR count). The summed E-state index contributed by atoms with van der Waals surface area (Å²) in [7, 11) is 3.62. The van der Waals surface area contributed by atoms with Gasteiger partial charge >= 0.3 is 0 Å². The molecule has 2 aromatic rings. The van der Waals surface area contributed by atoms with Crippen molar-refractivity contribution in [3.63, 3.8) is 0 Å². The van der Waals surface area contributed by atoms with Crippen molar-refractivity contribution in [1.29, 1.82) is 0 Å². The Balaban J connectivity index is 2.10. The van der Waals surface area contributed by atoms with Crippen molar-refractivity contribution in [3.8, 4) is 5.75 Å². The van der Waals surface area contributed by atoms with Gasteiger partial charge < -0.3 is 9.30 Å². The Hall–Kier alpha value is -1.92. The second kappa shape index (κ2) is 6.31. The fraction of sp³-hybridized carbons (Fsp3) is 0.385. The van der Waals surface area contributed by atoms with Crippen molar-refractivity contribution in [2.45, 2.75) is 18.9 Å². The number of hydrogen-bond donors (Lipinski definition) is 2. The SMILES string of the molecule is COc1cnccc1C(CCc1nccn1C)NN. The zero-order valence-electron chi connectivity index (χ0n) is 11.2. The van der Waals surface area contributed by atoms with E-state index in [4.69, 9.17) is 10.6 Å². The van der Waals surface area contributed by atoms with Crippen LogP contribution in [-0.2, 0) is 13.5 Å². The van der Waals surface area contributed by atoms with Crippen LogP contribution in [0.5, 0.6) is 5.75 Å². The van der Waals surface area contributed by atoms with E-state index in [1.165, 1.54) is 0 Å². The predicted molar refractivity (Wildman–Crippen MR) is 72.4 cm³/mol. The average Bonchev–Trinajstić information content (AvgIpc) is 2.85. The fourth-order valence-electron chi connectivity index (χ4n) is 2.09. The van der Waals surface area contributed by atoms with Crippen LogP contribution in [0.4, 0.5) is 0 Å². The average molecular weight is 261 g/mol. The molecule has 6 nitrogen and oxygen atoms in total. The quantitative estimate of drug-likeness (QED) is 0.598. The number of aryl methyl sites for hydroxylation is 2. The zero-order chi connectivity index (χ0) is 13.7. The molecule has 0 fully saturated rings. The van der Waals surface area contributed by atoms with Gasteiger partial charge in [0.1, 0.15) is 11.6 Å². The summed E-state index contributed by atoms with van der Waals surface area (Å²) < 4.78 is 7.32. The smallest absolute Gasteiger partial charge is 0.141 e. The number of rotatable bonds is 6. The summed E-state index contributed by atoms with van der Waals surface area (Å²) in [6.07, 6.45) is 8.84. The van der Waals surface area contributed by atoms with Gasteiger partial charge in [-0.25, -0.2) is 4.98 Å². The number of pyridine rings is 1. The minimum Gasteiger partial charge on any atom is -0.495 e. The van der Waals surface area contributed by atoms with E-state index in [9.17, 15) is 0 Å². The molecule has 2 aromatic heterocycles. The molecule has 6 heteroatoms. The number of imidazole rings is 1. The van der Waals surface area contributed by atoms with Crippen molar-refractivity contribution in [2.24, 2.45) is 12.9 Å². The van der Waals surface area contributed by atoms with E-state index in [0.29, 0.717) is 0 Å². The Morgan fingerprint density at radius 1 is 1.47 bits per heavy atom. The summed E-state index contributed by atoms with van der Waals surface area (Å²) in [6.45, 7) is 0. The van der Waals surface area contributed by atoms with Crippen molar-refractivity contribution in [2.75, 3.05) is 7.11 Å². The van der Waals surface area contributed by atoms with Gasteiger partial charge in [-0.2, -0.15) is 0 Å². The summed E-state index contributed by atoms with van der Waals surface area (Å²) in [4.78, 5) is 8.36. The number of hydrogen-bond acceptors (Lipinski definition) is 5. The molecule has 0 radical (unpaired) electrons. The Morgan fingerprint density at radius 3 is 2.95 bits per heavy atom. The number of nitrogens with two attached hydrogens (primary N) is 1. The van der Waals surface area contributed by atoms with E-state index in [2.05, 4.69) is 15.4 Å². The predicted octanol–water partition coefficient (Wildman–Crippen LogP) is 0.961. The van der Waals surface area contributed by atoms with Gasteiger partial charge in [0.25, 0.3) is 0 Å². The first-order valence-electron chi connectivity index (χ1n) is 6.16. The maximum absolute atomic E-state index is 5.65. The summed E-state index contributed by atoms with van der Waals surface area (Å²) >= 11 is 0. The summed E-state index contributed by atoms with van der Waals surface area (Å²) in [5.74, 6) is 7.43. The van der Waals surface area contributed by atoms with E-state index in [1.54, 1.807) is 25.7 Å². The molecule has 3 N–H and O–H groups in total. The molecular weight excluding hydrogens is 242 g/mol. The van der Waals surface area contributed by atoms with Gasteiger partial charge in [-0.3, -0.25) is 16.3 Å². The Labute approximate surface area is 112 Å². The first kappa shape index (κ1) is 13.5. The van der Waals surface area contributed by atoms with E-state index in [0.717, 1.165) is 30.0 Å². The van der Waals surface area contributed by atoms with Crippen LogP contribution in [0.25, 0.3) is 0 Å². The summed E-state index contributed by atoms with van der Waals surface area (Å²) in [6, 6.07) is 1.93. The second-order valence-electron chi connectivity index (χ2n) is 4.33. The van der Waals surface area contributed by atoms with Crippen molar-refractivity contribution in [1.82, 2.24) is 20.0 Å². The third-order valence-electron chi connectivity index (χ3n) is 3.19. The van der Waals surface area contributed by atoms with Crippen LogP contribution >= 0.6 is 0 Å². The molecule has 0 aliphatic carbocycles. The lowest BCUT2D eigenvalue weighted by Gasteiger charge is -2.18. The maximum Gasteiger partial charge on any atom is 0.141 e. The monoisotopic (exact) mass is 261 g/mol. The molecule has 0 saturated heterocycles. The largest absolute Gasteiger partial charge is 0.495 e. The van der Waals surface area contributed by atoms with Gasteiger partial charge in [0, 0.05) is 37.6 Å². The number of nitrogens with zero attached hydrogens (tertiary/aromatic N) is 3. The van der Waals surface area contributed by atoms with Crippen LogP contribution < -0.4 is 16.0 Å². The molecule has 0 spiro atoms. The Kier molecular flexibility index (Phi) is 4.48. The van der Waals surface area contributed by atoms with Crippen LogP contribution in [0.15, 0.2) is 30.9 Å². The van der Waals surface area contributed by atoms with Gasteiger partial charge in [-0.15, -0.1) is 0 Å². The molecule has 1 unspecified atom stereocenters. The number of aromatic nitrogens is 3. The maximum atomic E-state index is 5.65. The first-order chi connectivity index (χ1) is 9.26. The zero-order valence-corrected chi connectivity index (χ0v) is 11.2. The topological polar surface area (TPSA) is 78.0 Å². The molecule has 0 aliphatic rings. The van der Waals surface area contributed by atoms with E-state index >= 15 is 0 Å². The molecule has 102 valence electrons. The standard InChI is InChI=1S/C13H19N5O/c1-18-8-7-16-13(18)4-3-11(17-14)10-5-6-15-9-12(10)19-2/h5-9,11,17H,3-4,14H2,1-2H3. The first-order valence-corrected chi connectivity index (χ1v) is 6.16. The molecule has 0 bridgehead atoms. The molecule has 0 aromatic carbocycles. The van der Waals surface area contributed by atoms with E-state index in [-0.39, 0.29) is 6.04 Å². The van der Waals surface area contributed by atoms with Gasteiger partial charge in [-0.1, -0.05) is 0 Å². The highest BCUT2D eigenvalue weighted by molar-refractivity contribution is 5.32. The minimum atomic E-state index is 0.00894. The second-order valence-corrected chi connectivity index (χ2v) is 4.33. The molecule has 19 heavy (non-hydrogen) atoms. The molecule has 0 aliphatic heterocycles. The molecule has 1 atom stereocenters. The van der Waals surface area contributed by atoms with Gasteiger partial charge in [-0.05, 0) is 12.5 Å². The van der Waals surface area contributed by atoms with Crippen LogP contribution in [0, 0.1) is 0 Å². The fourth-order valence-corrected chi connectivity index (χ4v) is 2.09. The van der Waals surface area contributed by atoms with Crippen molar-refractivity contribution < 1.29 is 4.74 Å². The lowest BCUT2D eigenvalue weighted by Crippen LogP contribution is -2.29. The lowest BCUT2D eigenvalue weighted by molar-refractivity contribution is 0.393. The normalized spacial score (nSPS) is 12.4. The van der Waals surface area contributed by atoms with Crippen LogP contribution in [-0.4, -0.2) is 21.6 Å². The highest BCUT2D eigenvalue weighted by Gasteiger charge is 2.15. The summed E-state index contributed by atoms with van der Waals surface area (Å²) in [5.41, 5.74) is 3.84. The van der Waals surface area contributed by atoms with Crippen molar-refractivity contribution in [3.05, 3.63) is 42.2 Å². The minimum absolute atomic E-state index is 0.00894. The van der Waals surface area contributed by atoms with Crippen molar-refractivity contribution >= 4 is 0 Å². The molecule has 2 heterocycles. The van der Waals surface area contributed by atoms with Gasteiger partial charge in [0.2, 0.25) is 0 Å². The molecule has 0 saturated carbocycles. The third kappa shape index (κ3) is 3.10. The summed E-state index contributed by atoms with van der Waals surface area (Å²) in [5, 5.41) is 0. The lowest BCUT2D eigenvalue weighted by atomic mass is 10.0. The van der Waals surface area contributed by atoms with Crippen LogP contribution in [0.1, 0.15) is 23.9 Å². The van der Waals surface area contributed by atoms with Crippen LogP contribution in [0.3, 0.4) is 0 Å². The van der Waals surface area contributed by atoms with E-state index in [1.807, 2.05) is 23.9 Å². The highest BCUT2D eigenvalue weighted by Crippen LogP contribution is 2.26. The number of hydrazine groups is 1. The van der Waals surface area contributed by atoms with Gasteiger partial charge in [0.05, 0.1) is 19.3 Å². The molecule has 0 amide bonds. The molecular formula is C13H19N5O. The Morgan fingerprint density at radius 2 is 2.32 bits per heavy atom. The Bertz CT molecular complexity index is 525. The number of methoxy groups -OCH3 is 1. The number of nitrogens with one attached hydrogen (secondary N) is 1. The van der Waals surface area contributed by atoms with Gasteiger partial charge in [0.15, 0.2) is 0 Å². The highest BCUT2D eigenvalue weighted by atomic mass is 16.5.